The van der Waals surface area contributed by atoms with Crippen molar-refractivity contribution in [3.05, 3.63) is 60.6 Å². The van der Waals surface area contributed by atoms with Gasteiger partial charge in [-0.1, -0.05) is 24.3 Å². The van der Waals surface area contributed by atoms with Crippen LogP contribution in [0.15, 0.2) is 59.5 Å². The van der Waals surface area contributed by atoms with Gasteiger partial charge in [0.25, 0.3) is 0 Å². The maximum absolute atomic E-state index is 5.40. The molecule has 20 heavy (non-hydrogen) atoms. The van der Waals surface area contributed by atoms with Gasteiger partial charge in [0, 0.05) is 11.3 Å². The summed E-state index contributed by atoms with van der Waals surface area (Å²) in [5.41, 5.74) is 8.13. The molecule has 4 heteroatoms. The summed E-state index contributed by atoms with van der Waals surface area (Å²) in [6, 6.07) is 14.3. The van der Waals surface area contributed by atoms with Crippen LogP contribution in [0.25, 0.3) is 22.5 Å². The monoisotopic (exact) mass is 266 g/mol. The molecule has 1 aromatic heterocycles. The standard InChI is InChI=1S/C16H15N3O/c1-11-2-3-13(16-9-18-10-20-16)8-15(11)12-4-6-14(19-17)7-5-12/h2-10,19H,17H2,1H3/p+1. The molecule has 0 aliphatic heterocycles. The molecule has 4 nitrogen and oxygen atoms in total. The molecule has 0 spiro atoms. The van der Waals surface area contributed by atoms with Crippen molar-refractivity contribution >= 4 is 5.69 Å². The van der Waals surface area contributed by atoms with Crippen LogP contribution in [0.4, 0.5) is 5.69 Å². The summed E-state index contributed by atoms with van der Waals surface area (Å²) in [7, 11) is 0. The minimum atomic E-state index is 0.825. The van der Waals surface area contributed by atoms with Crippen LogP contribution in [-0.4, -0.2) is 0 Å². The Kier molecular flexibility index (Phi) is 3.23. The molecule has 0 fully saturated rings. The molecule has 0 saturated heterocycles. The van der Waals surface area contributed by atoms with E-state index in [-0.39, 0.29) is 0 Å². The van der Waals surface area contributed by atoms with Crippen molar-refractivity contribution in [1.29, 1.82) is 0 Å². The molecule has 0 saturated carbocycles. The molecule has 3 aromatic rings. The van der Waals surface area contributed by atoms with Crippen molar-refractivity contribution < 1.29 is 9.40 Å². The number of nitrogens with one attached hydrogen (secondary N) is 2. The molecular formula is C16H16N3O+. The number of H-pyrrole nitrogens is 1. The molecule has 0 aliphatic carbocycles. The average molecular weight is 266 g/mol. The predicted octanol–water partition coefficient (Wildman–Crippen LogP) is 3.02. The summed E-state index contributed by atoms with van der Waals surface area (Å²) in [5, 5.41) is 0. The predicted molar refractivity (Wildman–Crippen MR) is 78.7 cm³/mol. The molecular weight excluding hydrogens is 250 g/mol. The van der Waals surface area contributed by atoms with E-state index in [1.807, 2.05) is 18.3 Å². The highest BCUT2D eigenvalue weighted by atomic mass is 16.3. The van der Waals surface area contributed by atoms with Crippen LogP contribution in [0.5, 0.6) is 0 Å². The first-order chi connectivity index (χ1) is 9.78. The maximum atomic E-state index is 5.40. The first kappa shape index (κ1) is 12.4. The highest BCUT2D eigenvalue weighted by molar-refractivity contribution is 5.74. The second-order valence-corrected chi connectivity index (χ2v) is 4.66. The van der Waals surface area contributed by atoms with Gasteiger partial charge in [0.1, 0.15) is 0 Å². The van der Waals surface area contributed by atoms with Crippen LogP contribution in [0.2, 0.25) is 0 Å². The number of oxazole rings is 1. The van der Waals surface area contributed by atoms with Gasteiger partial charge in [-0.05, 0) is 41.8 Å². The van der Waals surface area contributed by atoms with Crippen LogP contribution in [0.1, 0.15) is 5.56 Å². The van der Waals surface area contributed by atoms with Crippen molar-refractivity contribution in [2.24, 2.45) is 5.84 Å². The van der Waals surface area contributed by atoms with E-state index in [0.29, 0.717) is 0 Å². The van der Waals surface area contributed by atoms with Crippen LogP contribution in [0, 0.1) is 6.92 Å². The number of hydrogen-bond donors (Lipinski definition) is 2. The number of benzene rings is 2. The highest BCUT2D eigenvalue weighted by Crippen LogP contribution is 2.29. The zero-order valence-electron chi connectivity index (χ0n) is 11.2. The minimum absolute atomic E-state index is 0.825. The van der Waals surface area contributed by atoms with Gasteiger partial charge in [-0.25, -0.2) is 0 Å². The zero-order chi connectivity index (χ0) is 13.9. The molecule has 100 valence electrons. The van der Waals surface area contributed by atoms with Gasteiger partial charge in [0.2, 0.25) is 12.0 Å². The zero-order valence-corrected chi connectivity index (χ0v) is 11.2. The number of aromatic amines is 1. The van der Waals surface area contributed by atoms with Gasteiger partial charge in [0.15, 0.2) is 0 Å². The van der Waals surface area contributed by atoms with Gasteiger partial charge >= 0.3 is 6.39 Å². The van der Waals surface area contributed by atoms with Crippen LogP contribution in [0.3, 0.4) is 0 Å². The molecule has 0 bridgehead atoms. The molecule has 0 amide bonds. The quantitative estimate of drug-likeness (QED) is 0.565. The van der Waals surface area contributed by atoms with Crippen LogP contribution < -0.4 is 16.3 Å². The molecule has 0 radical (unpaired) electrons. The Hall–Kier alpha value is -2.59. The van der Waals surface area contributed by atoms with E-state index >= 15 is 0 Å². The van der Waals surface area contributed by atoms with Gasteiger partial charge < -0.3 is 9.84 Å². The van der Waals surface area contributed by atoms with Crippen LogP contribution in [-0.2, 0) is 0 Å². The normalized spacial score (nSPS) is 10.5. The topological polar surface area (TPSA) is 65.3 Å². The Morgan fingerprint density at radius 3 is 2.45 bits per heavy atom. The molecule has 1 heterocycles. The van der Waals surface area contributed by atoms with Gasteiger partial charge in [-0.2, -0.15) is 4.98 Å². The average Bonchev–Trinajstić information content (AvgIpc) is 3.02. The van der Waals surface area contributed by atoms with E-state index in [1.54, 1.807) is 6.39 Å². The summed E-state index contributed by atoms with van der Waals surface area (Å²) in [5.74, 6) is 6.22. The van der Waals surface area contributed by atoms with E-state index in [4.69, 9.17) is 10.3 Å². The van der Waals surface area contributed by atoms with Crippen molar-refractivity contribution in [3.8, 4) is 22.5 Å². The molecule has 0 aliphatic rings. The van der Waals surface area contributed by atoms with Crippen molar-refractivity contribution in [1.82, 2.24) is 0 Å². The summed E-state index contributed by atoms with van der Waals surface area (Å²) in [6.45, 7) is 2.10. The summed E-state index contributed by atoms with van der Waals surface area (Å²) in [4.78, 5) is 2.93. The largest absolute Gasteiger partial charge is 0.404 e. The number of aryl methyl sites for hydroxylation is 1. The second-order valence-electron chi connectivity index (χ2n) is 4.66. The Morgan fingerprint density at radius 1 is 1.05 bits per heavy atom. The Labute approximate surface area is 117 Å². The number of nitrogen functional groups attached to an aromatic ring is 1. The Morgan fingerprint density at radius 2 is 1.80 bits per heavy atom. The van der Waals surface area contributed by atoms with Crippen molar-refractivity contribution in [2.45, 2.75) is 6.92 Å². The minimum Gasteiger partial charge on any atom is -0.404 e. The fraction of sp³-hybridized carbons (Fsp3) is 0.0625. The lowest BCUT2D eigenvalue weighted by atomic mass is 9.97. The third-order valence-electron chi connectivity index (χ3n) is 3.35. The lowest BCUT2D eigenvalue weighted by molar-refractivity contribution is -0.383. The summed E-state index contributed by atoms with van der Waals surface area (Å²) >= 11 is 0. The molecule has 4 N–H and O–H groups in total. The Balaban J connectivity index is 2.05. The number of nitrogens with two attached hydrogens (primary N) is 1. The van der Waals surface area contributed by atoms with E-state index in [9.17, 15) is 0 Å². The lowest BCUT2D eigenvalue weighted by Crippen LogP contribution is -2.05. The number of aromatic nitrogens is 1. The van der Waals surface area contributed by atoms with Gasteiger partial charge in [-0.3, -0.25) is 5.84 Å². The number of rotatable bonds is 3. The van der Waals surface area contributed by atoms with E-state index < -0.39 is 0 Å². The summed E-state index contributed by atoms with van der Waals surface area (Å²) < 4.78 is 5.40. The maximum Gasteiger partial charge on any atom is 0.333 e. The van der Waals surface area contributed by atoms with E-state index in [0.717, 1.165) is 22.6 Å². The Bertz CT molecular complexity index is 703. The highest BCUT2D eigenvalue weighted by Gasteiger charge is 2.09. The summed E-state index contributed by atoms with van der Waals surface area (Å²) in [6.07, 6.45) is 3.41. The number of hydrogen-bond acceptors (Lipinski definition) is 3. The molecule has 0 unspecified atom stereocenters. The van der Waals surface area contributed by atoms with E-state index in [1.165, 1.54) is 11.1 Å². The van der Waals surface area contributed by atoms with Crippen molar-refractivity contribution in [3.63, 3.8) is 0 Å². The van der Waals surface area contributed by atoms with Crippen LogP contribution >= 0.6 is 0 Å². The van der Waals surface area contributed by atoms with Gasteiger partial charge in [0.05, 0.1) is 0 Å². The lowest BCUT2D eigenvalue weighted by Gasteiger charge is -2.08. The first-order valence-corrected chi connectivity index (χ1v) is 6.40. The fourth-order valence-electron chi connectivity index (χ4n) is 2.22. The van der Waals surface area contributed by atoms with E-state index in [2.05, 4.69) is 47.7 Å². The third-order valence-corrected chi connectivity index (χ3v) is 3.35. The molecule has 2 aromatic carbocycles. The first-order valence-electron chi connectivity index (χ1n) is 6.40. The number of anilines is 1. The molecule has 3 rings (SSSR count). The third kappa shape index (κ3) is 2.29. The molecule has 0 atom stereocenters. The second kappa shape index (κ2) is 5.19. The van der Waals surface area contributed by atoms with Crippen molar-refractivity contribution in [2.75, 3.05) is 5.43 Å². The smallest absolute Gasteiger partial charge is 0.333 e. The number of hydrazine groups is 1. The SMILES string of the molecule is Cc1ccc(-c2c[nH+]co2)cc1-c1ccc(NN)cc1. The fourth-order valence-corrected chi connectivity index (χ4v) is 2.22. The van der Waals surface area contributed by atoms with Gasteiger partial charge in [-0.15, -0.1) is 0 Å².